The average molecular weight is 475 g/mol. The summed E-state index contributed by atoms with van der Waals surface area (Å²) in [5.74, 6) is 0.330. The molecule has 1 aromatic heterocycles. The second-order valence-electron chi connectivity index (χ2n) is 7.22. The molecule has 0 aliphatic rings. The van der Waals surface area contributed by atoms with E-state index in [1.807, 2.05) is 0 Å². The van der Waals surface area contributed by atoms with E-state index in [2.05, 4.69) is 8.75 Å². The van der Waals surface area contributed by atoms with Gasteiger partial charge in [0.25, 0.3) is 0 Å². The molecule has 0 saturated heterocycles. The van der Waals surface area contributed by atoms with E-state index in [1.165, 1.54) is 0 Å². The number of nitrogens with zero attached hydrogens (tertiary/aromatic N) is 2. The summed E-state index contributed by atoms with van der Waals surface area (Å²) < 4.78 is 24.4. The number of aromatic nitrogens is 2. The van der Waals surface area contributed by atoms with Crippen molar-refractivity contribution in [1.82, 2.24) is 8.75 Å². The third-order valence-electron chi connectivity index (χ3n) is 5.23. The van der Waals surface area contributed by atoms with Gasteiger partial charge in [-0.05, 0) is 66.6 Å². The molecule has 7 nitrogen and oxygen atoms in total. The molecule has 0 amide bonds. The molecular weight excluding hydrogens is 452 g/mol. The first-order valence-corrected chi connectivity index (χ1v) is 11.3. The van der Waals surface area contributed by atoms with Crippen molar-refractivity contribution in [2.45, 2.75) is 6.92 Å². The summed E-state index contributed by atoms with van der Waals surface area (Å²) in [7, 11) is 3.12. The van der Waals surface area contributed by atoms with E-state index < -0.39 is 5.97 Å². The molecular formula is C26H22N2O5S. The molecule has 0 N–H and O–H groups in total. The number of Topliss-reactive ketones (excluding diaryl/α,β-unsaturated/α-hetero) is 1. The van der Waals surface area contributed by atoms with Crippen LogP contribution in [0, 0.1) is 0 Å². The Bertz CT molecular complexity index is 1360. The van der Waals surface area contributed by atoms with Crippen molar-refractivity contribution >= 4 is 45.7 Å². The van der Waals surface area contributed by atoms with Crippen LogP contribution in [0.15, 0.2) is 66.7 Å². The number of methoxy groups -OCH3 is 2. The van der Waals surface area contributed by atoms with E-state index in [-0.39, 0.29) is 23.5 Å². The largest absolute Gasteiger partial charge is 0.497 e. The summed E-state index contributed by atoms with van der Waals surface area (Å²) in [6, 6.07) is 19.0. The number of hydrogen-bond acceptors (Lipinski definition) is 8. The highest BCUT2D eigenvalue weighted by Gasteiger charge is 2.27. The molecule has 0 saturated carbocycles. The molecule has 0 fully saturated rings. The predicted octanol–water partition coefficient (Wildman–Crippen LogP) is 5.07. The number of fused-ring (bicyclic) bond motifs is 1. The Kier molecular flexibility index (Phi) is 6.98. The number of carbonyl (C=O) groups excluding carboxylic acids is 2. The molecule has 3 aromatic carbocycles. The maximum atomic E-state index is 13.9. The minimum absolute atomic E-state index is 0.155. The van der Waals surface area contributed by atoms with Gasteiger partial charge in [0, 0.05) is 11.1 Å². The van der Waals surface area contributed by atoms with Crippen LogP contribution < -0.4 is 9.47 Å². The lowest BCUT2D eigenvalue weighted by atomic mass is 9.88. The summed E-state index contributed by atoms with van der Waals surface area (Å²) >= 11 is 1.08. The molecule has 8 heteroatoms. The predicted molar refractivity (Wildman–Crippen MR) is 131 cm³/mol. The fourth-order valence-electron chi connectivity index (χ4n) is 3.54. The van der Waals surface area contributed by atoms with E-state index in [1.54, 1.807) is 87.9 Å². The molecule has 0 radical (unpaired) electrons. The lowest BCUT2D eigenvalue weighted by Crippen LogP contribution is -2.14. The number of ether oxygens (including phenoxy) is 3. The number of esters is 1. The monoisotopic (exact) mass is 474 g/mol. The third kappa shape index (κ3) is 4.67. The first kappa shape index (κ1) is 23.1. The van der Waals surface area contributed by atoms with E-state index >= 15 is 0 Å². The average Bonchev–Trinajstić information content (AvgIpc) is 3.35. The Morgan fingerprint density at radius 2 is 1.29 bits per heavy atom. The van der Waals surface area contributed by atoms with Crippen LogP contribution >= 0.6 is 11.7 Å². The number of carbonyl (C=O) groups is 2. The molecule has 4 aromatic rings. The smallest absolute Gasteiger partial charge is 0.339 e. The summed E-state index contributed by atoms with van der Waals surface area (Å²) in [5.41, 5.74) is 3.20. The zero-order valence-electron chi connectivity index (χ0n) is 18.9. The molecule has 172 valence electrons. The van der Waals surface area contributed by atoms with Crippen LogP contribution in [0.2, 0.25) is 0 Å². The number of benzene rings is 3. The molecule has 0 atom stereocenters. The van der Waals surface area contributed by atoms with Crippen LogP contribution in [0.25, 0.3) is 22.2 Å². The maximum absolute atomic E-state index is 13.9. The molecule has 0 aliphatic carbocycles. The molecule has 0 aliphatic heterocycles. The van der Waals surface area contributed by atoms with Crippen LogP contribution in [0.5, 0.6) is 11.5 Å². The summed E-state index contributed by atoms with van der Waals surface area (Å²) in [5, 5.41) is 0. The van der Waals surface area contributed by atoms with Crippen LogP contribution in [0.4, 0.5) is 0 Å². The minimum atomic E-state index is -0.599. The Balaban J connectivity index is 1.98. The fourth-order valence-corrected chi connectivity index (χ4v) is 4.06. The summed E-state index contributed by atoms with van der Waals surface area (Å²) in [6.45, 7) is 1.89. The number of allylic oxidation sites excluding steroid dienone is 1. The number of hydrogen-bond donors (Lipinski definition) is 0. The van der Waals surface area contributed by atoms with E-state index in [4.69, 9.17) is 14.2 Å². The molecule has 0 unspecified atom stereocenters. The van der Waals surface area contributed by atoms with Crippen molar-refractivity contribution < 1.29 is 23.8 Å². The maximum Gasteiger partial charge on any atom is 0.339 e. The van der Waals surface area contributed by atoms with Gasteiger partial charge in [0.15, 0.2) is 5.78 Å². The van der Waals surface area contributed by atoms with Crippen molar-refractivity contribution in [1.29, 1.82) is 0 Å². The highest BCUT2D eigenvalue weighted by atomic mass is 32.1. The summed E-state index contributed by atoms with van der Waals surface area (Å²) in [4.78, 5) is 27.2. The Morgan fingerprint density at radius 3 is 1.88 bits per heavy atom. The minimum Gasteiger partial charge on any atom is -0.497 e. The Labute approximate surface area is 200 Å². The molecule has 4 rings (SSSR count). The second kappa shape index (κ2) is 10.3. The molecule has 34 heavy (non-hydrogen) atoms. The van der Waals surface area contributed by atoms with Gasteiger partial charge in [-0.1, -0.05) is 18.2 Å². The first-order valence-electron chi connectivity index (χ1n) is 10.5. The molecule has 1 heterocycles. The van der Waals surface area contributed by atoms with Gasteiger partial charge in [-0.15, -0.1) is 0 Å². The number of rotatable bonds is 8. The van der Waals surface area contributed by atoms with Gasteiger partial charge in [0.1, 0.15) is 22.5 Å². The highest BCUT2D eigenvalue weighted by Crippen LogP contribution is 2.33. The topological polar surface area (TPSA) is 87.6 Å². The van der Waals surface area contributed by atoms with Crippen LogP contribution in [0.1, 0.15) is 28.4 Å². The lowest BCUT2D eigenvalue weighted by Gasteiger charge is -2.16. The normalized spacial score (nSPS) is 11.6. The Hall–Kier alpha value is -4.04. The van der Waals surface area contributed by atoms with Crippen LogP contribution in [-0.4, -0.2) is 41.3 Å². The van der Waals surface area contributed by atoms with Gasteiger partial charge < -0.3 is 14.2 Å². The first-order chi connectivity index (χ1) is 16.5. The standard InChI is InChI=1S/C26H22N2O5S/c1-4-33-26(30)24(18-9-14-21-22(15-18)28-34-27-21)23(16-5-10-19(31-2)11-6-16)25(29)17-7-12-20(32-3)13-8-17/h5-15H,4H2,1-3H3. The van der Waals surface area contributed by atoms with Crippen molar-refractivity contribution in [3.8, 4) is 11.5 Å². The zero-order valence-corrected chi connectivity index (χ0v) is 19.7. The van der Waals surface area contributed by atoms with E-state index in [9.17, 15) is 9.59 Å². The van der Waals surface area contributed by atoms with E-state index in [0.717, 1.165) is 11.7 Å². The number of ketones is 1. The molecule has 0 spiro atoms. The lowest BCUT2D eigenvalue weighted by molar-refractivity contribution is -0.136. The zero-order chi connectivity index (χ0) is 24.1. The highest BCUT2D eigenvalue weighted by molar-refractivity contribution is 7.00. The van der Waals surface area contributed by atoms with Gasteiger partial charge in [0.2, 0.25) is 0 Å². The molecule has 0 bridgehead atoms. The van der Waals surface area contributed by atoms with Gasteiger partial charge in [-0.3, -0.25) is 4.79 Å². The van der Waals surface area contributed by atoms with E-state index in [0.29, 0.717) is 39.2 Å². The quantitative estimate of drug-likeness (QED) is 0.153. The van der Waals surface area contributed by atoms with Gasteiger partial charge in [-0.25, -0.2) is 4.79 Å². The Morgan fingerprint density at radius 1 is 0.735 bits per heavy atom. The SMILES string of the molecule is CCOC(=O)C(=C(C(=O)c1ccc(OC)cc1)c1ccc(OC)cc1)c1ccc2nsnc2c1. The van der Waals surface area contributed by atoms with Gasteiger partial charge in [-0.2, -0.15) is 8.75 Å². The van der Waals surface area contributed by atoms with Gasteiger partial charge >= 0.3 is 5.97 Å². The van der Waals surface area contributed by atoms with Crippen molar-refractivity contribution in [2.75, 3.05) is 20.8 Å². The van der Waals surface area contributed by atoms with Gasteiger partial charge in [0.05, 0.1) is 38.1 Å². The van der Waals surface area contributed by atoms with Crippen molar-refractivity contribution in [3.63, 3.8) is 0 Å². The van der Waals surface area contributed by atoms with Crippen molar-refractivity contribution in [2.24, 2.45) is 0 Å². The van der Waals surface area contributed by atoms with Crippen LogP contribution in [0.3, 0.4) is 0 Å². The van der Waals surface area contributed by atoms with Crippen LogP contribution in [-0.2, 0) is 9.53 Å². The van der Waals surface area contributed by atoms with Crippen molar-refractivity contribution in [3.05, 3.63) is 83.4 Å². The second-order valence-corrected chi connectivity index (χ2v) is 7.75. The third-order valence-corrected chi connectivity index (χ3v) is 5.79. The summed E-state index contributed by atoms with van der Waals surface area (Å²) in [6.07, 6.45) is 0. The fraction of sp³-hybridized carbons (Fsp3) is 0.154.